The van der Waals surface area contributed by atoms with Gasteiger partial charge in [-0.25, -0.2) is 0 Å². The number of nitrogens with two attached hydrogens (primary N) is 1. The fraction of sp³-hybridized carbons (Fsp3) is 0.600. The third kappa shape index (κ3) is 3.39. The van der Waals surface area contributed by atoms with E-state index < -0.39 is 0 Å². The molecule has 1 unspecified atom stereocenters. The molecule has 0 amide bonds. The number of rotatable bonds is 5. The maximum absolute atomic E-state index is 5.96. The highest BCUT2D eigenvalue weighted by molar-refractivity contribution is 5.53. The van der Waals surface area contributed by atoms with Crippen LogP contribution < -0.4 is 10.5 Å². The molecule has 0 fully saturated rings. The van der Waals surface area contributed by atoms with Crippen molar-refractivity contribution in [1.29, 1.82) is 0 Å². The molecule has 106 valence electrons. The summed E-state index contributed by atoms with van der Waals surface area (Å²) in [6.07, 6.45) is 2.40. The molecule has 1 atom stereocenters. The predicted molar refractivity (Wildman–Crippen MR) is 77.0 cm³/mol. The van der Waals surface area contributed by atoms with Crippen molar-refractivity contribution in [2.45, 2.75) is 45.9 Å². The van der Waals surface area contributed by atoms with Gasteiger partial charge in [0.2, 0.25) is 0 Å². The zero-order valence-electron chi connectivity index (χ0n) is 12.1. The Morgan fingerprint density at radius 1 is 1.42 bits per heavy atom. The number of anilines is 1. The van der Waals surface area contributed by atoms with E-state index in [2.05, 4.69) is 25.8 Å². The van der Waals surface area contributed by atoms with Crippen LogP contribution in [-0.4, -0.2) is 24.8 Å². The highest BCUT2D eigenvalue weighted by atomic mass is 16.7. The lowest BCUT2D eigenvalue weighted by Crippen LogP contribution is -2.29. The zero-order chi connectivity index (χ0) is 13.8. The first kappa shape index (κ1) is 14.2. The minimum atomic E-state index is 0.331. The van der Waals surface area contributed by atoms with Crippen molar-refractivity contribution < 1.29 is 9.47 Å². The number of benzene rings is 1. The molecule has 1 aromatic carbocycles. The molecule has 0 spiro atoms. The summed E-state index contributed by atoms with van der Waals surface area (Å²) in [4.78, 5) is 2.34. The second-order valence-corrected chi connectivity index (χ2v) is 5.33. The van der Waals surface area contributed by atoms with E-state index in [1.807, 2.05) is 12.1 Å². The average molecular weight is 264 g/mol. The van der Waals surface area contributed by atoms with E-state index in [1.54, 1.807) is 0 Å². The molecule has 19 heavy (non-hydrogen) atoms. The summed E-state index contributed by atoms with van der Waals surface area (Å²) in [5.74, 6) is 0.955. The second kappa shape index (κ2) is 6.26. The Balaban J connectivity index is 2.17. The van der Waals surface area contributed by atoms with Crippen molar-refractivity contribution >= 4 is 5.69 Å². The molecule has 0 saturated heterocycles. The van der Waals surface area contributed by atoms with Crippen LogP contribution >= 0.6 is 0 Å². The normalized spacial score (nSPS) is 16.0. The number of fused-ring (bicyclic) bond motifs is 1. The van der Waals surface area contributed by atoms with Crippen molar-refractivity contribution in [2.24, 2.45) is 0 Å². The first-order valence-corrected chi connectivity index (χ1v) is 6.93. The Morgan fingerprint density at radius 3 is 2.95 bits per heavy atom. The molecule has 4 heteroatoms. The van der Waals surface area contributed by atoms with Crippen LogP contribution in [0, 0.1) is 0 Å². The van der Waals surface area contributed by atoms with Crippen LogP contribution in [0.15, 0.2) is 12.1 Å². The van der Waals surface area contributed by atoms with Crippen LogP contribution in [-0.2, 0) is 17.9 Å². The largest absolute Gasteiger partial charge is 0.467 e. The summed E-state index contributed by atoms with van der Waals surface area (Å²) in [6.45, 7) is 6.24. The zero-order valence-corrected chi connectivity index (χ0v) is 12.1. The van der Waals surface area contributed by atoms with Crippen LogP contribution in [0.25, 0.3) is 0 Å². The van der Waals surface area contributed by atoms with Crippen LogP contribution in [0.4, 0.5) is 5.69 Å². The quantitative estimate of drug-likeness (QED) is 0.831. The molecule has 1 aliphatic heterocycles. The molecule has 0 aromatic heterocycles. The molecule has 2 N–H and O–H groups in total. The molecule has 1 heterocycles. The van der Waals surface area contributed by atoms with Gasteiger partial charge in [-0.1, -0.05) is 13.3 Å². The summed E-state index contributed by atoms with van der Waals surface area (Å²) >= 11 is 0. The van der Waals surface area contributed by atoms with E-state index >= 15 is 0 Å². The third-order valence-electron chi connectivity index (χ3n) is 3.69. The number of nitrogen functional groups attached to an aromatic ring is 1. The number of ether oxygens (including phenoxy) is 2. The van der Waals surface area contributed by atoms with Crippen LogP contribution in [0.3, 0.4) is 0 Å². The first-order chi connectivity index (χ1) is 9.11. The summed E-state index contributed by atoms with van der Waals surface area (Å²) in [5, 5.41) is 0. The molecule has 0 bridgehead atoms. The predicted octanol–water partition coefficient (Wildman–Crippen LogP) is 2.76. The van der Waals surface area contributed by atoms with Gasteiger partial charge in [-0.15, -0.1) is 0 Å². The molecule has 4 nitrogen and oxygen atoms in total. The number of hydrogen-bond donors (Lipinski definition) is 1. The van der Waals surface area contributed by atoms with E-state index in [4.69, 9.17) is 15.2 Å². The molecule has 1 aromatic rings. The summed E-state index contributed by atoms with van der Waals surface area (Å²) in [6, 6.07) is 4.51. The van der Waals surface area contributed by atoms with Gasteiger partial charge >= 0.3 is 0 Å². The van der Waals surface area contributed by atoms with Gasteiger partial charge in [0.15, 0.2) is 6.79 Å². The Morgan fingerprint density at radius 2 is 2.21 bits per heavy atom. The molecular weight excluding hydrogens is 240 g/mol. The fourth-order valence-electron chi connectivity index (χ4n) is 2.51. The fourth-order valence-corrected chi connectivity index (χ4v) is 2.51. The summed E-state index contributed by atoms with van der Waals surface area (Å²) < 4.78 is 11.0. The first-order valence-electron chi connectivity index (χ1n) is 6.93. The Bertz CT molecular complexity index is 434. The lowest BCUT2D eigenvalue weighted by Gasteiger charge is -2.27. The van der Waals surface area contributed by atoms with Gasteiger partial charge in [0, 0.05) is 29.4 Å². The van der Waals surface area contributed by atoms with Gasteiger partial charge < -0.3 is 15.2 Å². The molecule has 2 rings (SSSR count). The van der Waals surface area contributed by atoms with Crippen molar-refractivity contribution in [2.75, 3.05) is 19.6 Å². The van der Waals surface area contributed by atoms with Crippen molar-refractivity contribution in [3.63, 3.8) is 0 Å². The SMILES string of the molecule is CCCC(C)N(C)Cc1cc(N)cc2c1OCOC2. The minimum absolute atomic E-state index is 0.331. The van der Waals surface area contributed by atoms with Crippen molar-refractivity contribution in [1.82, 2.24) is 4.90 Å². The summed E-state index contributed by atoms with van der Waals surface area (Å²) in [5.41, 5.74) is 8.95. The standard InChI is InChI=1S/C15H24N2O2/c1-4-5-11(2)17(3)8-12-6-14(16)7-13-9-18-10-19-15(12)13/h6-7,11H,4-5,8-10,16H2,1-3H3. The van der Waals surface area contributed by atoms with Gasteiger partial charge in [0.1, 0.15) is 5.75 Å². The van der Waals surface area contributed by atoms with Gasteiger partial charge in [-0.2, -0.15) is 0 Å². The van der Waals surface area contributed by atoms with Gasteiger partial charge in [-0.05, 0) is 32.5 Å². The summed E-state index contributed by atoms with van der Waals surface area (Å²) in [7, 11) is 2.15. The molecule has 0 saturated carbocycles. The molecule has 0 aliphatic carbocycles. The van der Waals surface area contributed by atoms with Crippen LogP contribution in [0.5, 0.6) is 5.75 Å². The lowest BCUT2D eigenvalue weighted by molar-refractivity contribution is -0.0174. The average Bonchev–Trinajstić information content (AvgIpc) is 2.38. The minimum Gasteiger partial charge on any atom is -0.467 e. The monoisotopic (exact) mass is 264 g/mol. The molecular formula is C15H24N2O2. The highest BCUT2D eigenvalue weighted by Gasteiger charge is 2.18. The van der Waals surface area contributed by atoms with E-state index in [0.717, 1.165) is 29.1 Å². The Kier molecular flexibility index (Phi) is 4.66. The number of nitrogens with zero attached hydrogens (tertiary/aromatic N) is 1. The van der Waals surface area contributed by atoms with E-state index in [9.17, 15) is 0 Å². The van der Waals surface area contributed by atoms with E-state index in [1.165, 1.54) is 12.8 Å². The second-order valence-electron chi connectivity index (χ2n) is 5.33. The Hall–Kier alpha value is -1.26. The van der Waals surface area contributed by atoms with Gasteiger partial charge in [-0.3, -0.25) is 4.90 Å². The third-order valence-corrected chi connectivity index (χ3v) is 3.69. The van der Waals surface area contributed by atoms with Crippen LogP contribution in [0.2, 0.25) is 0 Å². The Labute approximate surface area is 115 Å². The van der Waals surface area contributed by atoms with Gasteiger partial charge in [0.25, 0.3) is 0 Å². The highest BCUT2D eigenvalue weighted by Crippen LogP contribution is 2.31. The van der Waals surface area contributed by atoms with Gasteiger partial charge in [0.05, 0.1) is 6.61 Å². The maximum Gasteiger partial charge on any atom is 0.189 e. The molecule has 1 aliphatic rings. The topological polar surface area (TPSA) is 47.7 Å². The maximum atomic E-state index is 5.96. The smallest absolute Gasteiger partial charge is 0.189 e. The van der Waals surface area contributed by atoms with E-state index in [-0.39, 0.29) is 0 Å². The van der Waals surface area contributed by atoms with Crippen molar-refractivity contribution in [3.05, 3.63) is 23.3 Å². The number of hydrogen-bond acceptors (Lipinski definition) is 4. The van der Waals surface area contributed by atoms with E-state index in [0.29, 0.717) is 19.4 Å². The van der Waals surface area contributed by atoms with Crippen LogP contribution in [0.1, 0.15) is 37.8 Å². The molecule has 0 radical (unpaired) electrons. The lowest BCUT2D eigenvalue weighted by atomic mass is 10.1. The van der Waals surface area contributed by atoms with Crippen molar-refractivity contribution in [3.8, 4) is 5.75 Å².